The Morgan fingerprint density at radius 3 is 3.00 bits per heavy atom. The second kappa shape index (κ2) is 6.77. The van der Waals surface area contributed by atoms with Gasteiger partial charge in [0.25, 0.3) is 0 Å². The van der Waals surface area contributed by atoms with Gasteiger partial charge in [0.05, 0.1) is 18.5 Å². The van der Waals surface area contributed by atoms with Crippen molar-refractivity contribution in [2.24, 2.45) is 0 Å². The summed E-state index contributed by atoms with van der Waals surface area (Å²) in [5.74, 6) is 0.309. The maximum Gasteiger partial charge on any atom is 0.167 e. The number of imidazole rings is 1. The van der Waals surface area contributed by atoms with Gasteiger partial charge >= 0.3 is 0 Å². The number of unbranched alkanes of at least 4 members (excludes halogenated alkanes) is 2. The molecule has 0 radical (unpaired) electrons. The van der Waals surface area contributed by atoms with Crippen LogP contribution in [0.4, 0.5) is 5.82 Å². The lowest BCUT2D eigenvalue weighted by atomic mass is 10.0. The fourth-order valence-electron chi connectivity index (χ4n) is 3.04. The van der Waals surface area contributed by atoms with Crippen molar-refractivity contribution < 1.29 is 14.9 Å². The van der Waals surface area contributed by atoms with Gasteiger partial charge in [-0.25, -0.2) is 15.0 Å². The van der Waals surface area contributed by atoms with Gasteiger partial charge in [-0.05, 0) is 6.42 Å². The summed E-state index contributed by atoms with van der Waals surface area (Å²) >= 11 is 0. The molecule has 1 fully saturated rings. The molecule has 0 aromatic carbocycles. The largest absolute Gasteiger partial charge is 0.390 e. The molecule has 4 N–H and O–H groups in total. The monoisotopic (exact) mass is 321 g/mol. The Morgan fingerprint density at radius 2 is 2.22 bits per heavy atom. The van der Waals surface area contributed by atoms with Crippen LogP contribution in [0.5, 0.6) is 0 Å². The van der Waals surface area contributed by atoms with Gasteiger partial charge in [-0.15, -0.1) is 0 Å². The average Bonchev–Trinajstić information content (AvgIpc) is 3.12. The second-order valence-corrected chi connectivity index (χ2v) is 6.00. The highest BCUT2D eigenvalue weighted by molar-refractivity contribution is 5.81. The number of hydrogen-bond acceptors (Lipinski definition) is 7. The minimum absolute atomic E-state index is 0.309. The maximum atomic E-state index is 10.3. The second-order valence-electron chi connectivity index (χ2n) is 6.00. The van der Waals surface area contributed by atoms with Crippen LogP contribution in [0.3, 0.4) is 0 Å². The lowest BCUT2D eigenvalue weighted by molar-refractivity contribution is -0.0838. The first kappa shape index (κ1) is 16.1. The molecule has 4 atom stereocenters. The molecule has 1 aliphatic rings. The van der Waals surface area contributed by atoms with E-state index in [0.29, 0.717) is 29.8 Å². The molecule has 8 nitrogen and oxygen atoms in total. The normalized spacial score (nSPS) is 26.0. The number of nitrogens with two attached hydrogens (primary N) is 1. The minimum atomic E-state index is -0.715. The van der Waals surface area contributed by atoms with Crippen LogP contribution in [-0.4, -0.2) is 48.0 Å². The fourth-order valence-corrected chi connectivity index (χ4v) is 3.04. The first-order chi connectivity index (χ1) is 11.1. The lowest BCUT2D eigenvalue weighted by Crippen LogP contribution is -2.34. The van der Waals surface area contributed by atoms with Crippen molar-refractivity contribution in [2.75, 3.05) is 5.73 Å². The van der Waals surface area contributed by atoms with Crippen LogP contribution in [0.1, 0.15) is 45.3 Å². The third kappa shape index (κ3) is 3.15. The highest BCUT2D eigenvalue weighted by Gasteiger charge is 2.39. The van der Waals surface area contributed by atoms with E-state index in [1.807, 2.05) is 0 Å². The van der Waals surface area contributed by atoms with Gasteiger partial charge in [0.1, 0.15) is 24.2 Å². The van der Waals surface area contributed by atoms with Gasteiger partial charge in [-0.2, -0.15) is 0 Å². The van der Waals surface area contributed by atoms with E-state index in [1.54, 1.807) is 10.9 Å². The predicted molar refractivity (Wildman–Crippen MR) is 84.4 cm³/mol. The van der Waals surface area contributed by atoms with E-state index in [4.69, 9.17) is 10.5 Å². The van der Waals surface area contributed by atoms with Crippen molar-refractivity contribution in [3.05, 3.63) is 12.7 Å². The van der Waals surface area contributed by atoms with Crippen molar-refractivity contribution in [1.29, 1.82) is 0 Å². The van der Waals surface area contributed by atoms with Gasteiger partial charge in [-0.3, -0.25) is 4.57 Å². The molecule has 126 valence electrons. The smallest absolute Gasteiger partial charge is 0.167 e. The number of aliphatic hydroxyl groups excluding tert-OH is 2. The highest BCUT2D eigenvalue weighted by atomic mass is 16.5. The molecule has 23 heavy (non-hydrogen) atoms. The van der Waals surface area contributed by atoms with Crippen molar-refractivity contribution >= 4 is 17.0 Å². The number of fused-ring (bicyclic) bond motifs is 1. The van der Waals surface area contributed by atoms with Gasteiger partial charge in [0.2, 0.25) is 0 Å². The summed E-state index contributed by atoms with van der Waals surface area (Å²) in [6.07, 6.45) is 4.64. The molecule has 1 saturated heterocycles. The standard InChI is InChI=1S/C15H23N5O3/c1-2-3-4-5-9(21)13-10(22)6-11(23-13)20-8-19-12-14(16)17-7-18-15(12)20/h7-11,13,21-22H,2-6H2,1H3,(H2,16,17,18)/t9?,10-,11+,13+/m0/s1. The van der Waals surface area contributed by atoms with Crippen molar-refractivity contribution in [2.45, 2.75) is 63.6 Å². The van der Waals surface area contributed by atoms with Gasteiger partial charge in [-0.1, -0.05) is 26.2 Å². The fraction of sp³-hybridized carbons (Fsp3) is 0.667. The summed E-state index contributed by atoms with van der Waals surface area (Å²) < 4.78 is 7.61. The van der Waals surface area contributed by atoms with Crippen molar-refractivity contribution in [3.8, 4) is 0 Å². The first-order valence-corrected chi connectivity index (χ1v) is 8.06. The van der Waals surface area contributed by atoms with Crippen LogP contribution < -0.4 is 5.73 Å². The number of anilines is 1. The Balaban J connectivity index is 1.73. The summed E-state index contributed by atoms with van der Waals surface area (Å²) in [7, 11) is 0. The molecule has 1 unspecified atom stereocenters. The van der Waals surface area contributed by atoms with Crippen LogP contribution >= 0.6 is 0 Å². The zero-order valence-electron chi connectivity index (χ0n) is 13.2. The quantitative estimate of drug-likeness (QED) is 0.679. The highest BCUT2D eigenvalue weighted by Crippen LogP contribution is 2.33. The van der Waals surface area contributed by atoms with Crippen molar-refractivity contribution in [3.63, 3.8) is 0 Å². The molecule has 0 bridgehead atoms. The summed E-state index contributed by atoms with van der Waals surface area (Å²) in [5.41, 5.74) is 6.86. The number of hydrogen-bond donors (Lipinski definition) is 3. The van der Waals surface area contributed by atoms with E-state index >= 15 is 0 Å². The number of aliphatic hydroxyl groups is 2. The molecule has 3 rings (SSSR count). The number of nitrogen functional groups attached to an aromatic ring is 1. The molecule has 2 aromatic rings. The van der Waals surface area contributed by atoms with Gasteiger partial charge in [0, 0.05) is 6.42 Å². The first-order valence-electron chi connectivity index (χ1n) is 8.06. The Kier molecular flexibility index (Phi) is 4.74. The molecule has 0 aliphatic carbocycles. The average molecular weight is 321 g/mol. The zero-order chi connectivity index (χ0) is 16.4. The van der Waals surface area contributed by atoms with Gasteiger partial charge < -0.3 is 20.7 Å². The number of rotatable bonds is 6. The van der Waals surface area contributed by atoms with E-state index in [1.165, 1.54) is 6.33 Å². The van der Waals surface area contributed by atoms with E-state index in [0.717, 1.165) is 19.3 Å². The molecule has 0 spiro atoms. The third-order valence-electron chi connectivity index (χ3n) is 4.32. The Morgan fingerprint density at radius 1 is 1.39 bits per heavy atom. The number of aromatic nitrogens is 4. The molecule has 3 heterocycles. The van der Waals surface area contributed by atoms with Crippen LogP contribution in [0, 0.1) is 0 Å². The number of ether oxygens (including phenoxy) is 1. The van der Waals surface area contributed by atoms with Crippen LogP contribution in [0.25, 0.3) is 11.2 Å². The Hall–Kier alpha value is -1.77. The number of nitrogens with zero attached hydrogens (tertiary/aromatic N) is 4. The molecule has 0 saturated carbocycles. The molecule has 2 aromatic heterocycles. The van der Waals surface area contributed by atoms with Crippen LogP contribution in [0.2, 0.25) is 0 Å². The summed E-state index contributed by atoms with van der Waals surface area (Å²) in [5, 5.41) is 20.5. The third-order valence-corrected chi connectivity index (χ3v) is 4.32. The SMILES string of the molecule is CCCCCC(O)[C@H]1O[C@@H](n2cnc3c(N)ncnc32)C[C@@H]1O. The maximum absolute atomic E-state index is 10.3. The van der Waals surface area contributed by atoms with E-state index in [9.17, 15) is 10.2 Å². The predicted octanol–water partition coefficient (Wildman–Crippen LogP) is 0.998. The topological polar surface area (TPSA) is 119 Å². The summed E-state index contributed by atoms with van der Waals surface area (Å²) in [4.78, 5) is 12.3. The van der Waals surface area contributed by atoms with Gasteiger partial charge in [0.15, 0.2) is 11.5 Å². The lowest BCUT2D eigenvalue weighted by Gasteiger charge is -2.21. The van der Waals surface area contributed by atoms with E-state index < -0.39 is 24.5 Å². The summed E-state index contributed by atoms with van der Waals surface area (Å²) in [6, 6.07) is 0. The Labute approximate surface area is 134 Å². The molecule has 8 heteroatoms. The zero-order valence-corrected chi connectivity index (χ0v) is 13.2. The molecule has 0 amide bonds. The summed E-state index contributed by atoms with van der Waals surface area (Å²) in [6.45, 7) is 2.11. The van der Waals surface area contributed by atoms with Crippen LogP contribution in [-0.2, 0) is 4.74 Å². The van der Waals surface area contributed by atoms with Crippen LogP contribution in [0.15, 0.2) is 12.7 Å². The molecular weight excluding hydrogens is 298 g/mol. The van der Waals surface area contributed by atoms with E-state index in [2.05, 4.69) is 21.9 Å². The minimum Gasteiger partial charge on any atom is -0.390 e. The van der Waals surface area contributed by atoms with Crippen molar-refractivity contribution in [1.82, 2.24) is 19.5 Å². The molecular formula is C15H23N5O3. The van der Waals surface area contributed by atoms with E-state index in [-0.39, 0.29) is 0 Å². The Bertz CT molecular complexity index is 662. The molecule has 1 aliphatic heterocycles.